The zero-order valence-electron chi connectivity index (χ0n) is 4.51. The molecule has 8 heavy (non-hydrogen) atoms. The SMILES string of the molecule is C[C@@H](N)C(=O)NC#N. The first-order chi connectivity index (χ1) is 3.68. The first-order valence-corrected chi connectivity index (χ1v) is 2.13. The van der Waals surface area contributed by atoms with E-state index in [4.69, 9.17) is 11.0 Å². The van der Waals surface area contributed by atoms with Crippen LogP contribution >= 0.6 is 0 Å². The van der Waals surface area contributed by atoms with E-state index in [0.717, 1.165) is 0 Å². The van der Waals surface area contributed by atoms with Crippen LogP contribution < -0.4 is 11.1 Å². The molecule has 0 spiro atoms. The molecular formula is C4H7N3O. The highest BCUT2D eigenvalue weighted by Gasteiger charge is 2.03. The van der Waals surface area contributed by atoms with Gasteiger partial charge in [-0.2, -0.15) is 5.26 Å². The zero-order chi connectivity index (χ0) is 6.57. The molecule has 0 saturated heterocycles. The second-order valence-electron chi connectivity index (χ2n) is 1.39. The minimum absolute atomic E-state index is 0.451. The first kappa shape index (κ1) is 6.92. The molecule has 0 radical (unpaired) electrons. The Labute approximate surface area is 47.3 Å². The predicted molar refractivity (Wildman–Crippen MR) is 27.4 cm³/mol. The van der Waals surface area contributed by atoms with Crippen molar-refractivity contribution in [2.45, 2.75) is 13.0 Å². The quantitative estimate of drug-likeness (QED) is 0.335. The lowest BCUT2D eigenvalue weighted by molar-refractivity contribution is -0.120. The van der Waals surface area contributed by atoms with Gasteiger partial charge in [-0.3, -0.25) is 10.1 Å². The fourth-order valence-electron chi connectivity index (χ4n) is 0.169. The van der Waals surface area contributed by atoms with E-state index in [-0.39, 0.29) is 0 Å². The maximum atomic E-state index is 10.3. The molecule has 44 valence electrons. The molecule has 0 aliphatic carbocycles. The van der Waals surface area contributed by atoms with Crippen molar-refractivity contribution in [1.29, 1.82) is 5.26 Å². The Morgan fingerprint density at radius 1 is 2.00 bits per heavy atom. The Hall–Kier alpha value is -1.08. The largest absolute Gasteiger partial charge is 0.320 e. The number of carbonyl (C=O) groups is 1. The number of rotatable bonds is 1. The van der Waals surface area contributed by atoms with Gasteiger partial charge in [-0.05, 0) is 6.92 Å². The van der Waals surface area contributed by atoms with E-state index in [1.165, 1.54) is 13.1 Å². The summed E-state index contributed by atoms with van der Waals surface area (Å²) in [6, 6.07) is -0.602. The number of carbonyl (C=O) groups excluding carboxylic acids is 1. The van der Waals surface area contributed by atoms with Crippen molar-refractivity contribution in [3.05, 3.63) is 0 Å². The normalized spacial score (nSPS) is 11.6. The molecule has 1 atom stereocenters. The molecule has 0 aromatic rings. The lowest BCUT2D eigenvalue weighted by Gasteiger charge is -1.97. The Bertz CT molecular complexity index is 124. The fraction of sp³-hybridized carbons (Fsp3) is 0.500. The van der Waals surface area contributed by atoms with E-state index in [1.54, 1.807) is 0 Å². The number of nitrogens with two attached hydrogens (primary N) is 1. The molecular weight excluding hydrogens is 106 g/mol. The van der Waals surface area contributed by atoms with Gasteiger partial charge in [-0.15, -0.1) is 0 Å². The summed E-state index contributed by atoms with van der Waals surface area (Å²) in [7, 11) is 0. The third kappa shape index (κ3) is 2.16. The number of nitrogens with zero attached hydrogens (tertiary/aromatic N) is 1. The average molecular weight is 113 g/mol. The highest BCUT2D eigenvalue weighted by atomic mass is 16.2. The number of nitriles is 1. The topological polar surface area (TPSA) is 78.9 Å². The van der Waals surface area contributed by atoms with Crippen LogP contribution in [0.4, 0.5) is 0 Å². The van der Waals surface area contributed by atoms with Crippen LogP contribution in [0.5, 0.6) is 0 Å². The van der Waals surface area contributed by atoms with Crippen molar-refractivity contribution in [1.82, 2.24) is 5.32 Å². The Morgan fingerprint density at radius 3 is 2.62 bits per heavy atom. The average Bonchev–Trinajstić information content (AvgIpc) is 1.67. The van der Waals surface area contributed by atoms with E-state index < -0.39 is 11.9 Å². The van der Waals surface area contributed by atoms with Gasteiger partial charge in [0, 0.05) is 0 Å². The van der Waals surface area contributed by atoms with Gasteiger partial charge in [-0.25, -0.2) is 0 Å². The van der Waals surface area contributed by atoms with E-state index >= 15 is 0 Å². The van der Waals surface area contributed by atoms with Crippen molar-refractivity contribution >= 4 is 5.91 Å². The number of amides is 1. The van der Waals surface area contributed by atoms with Crippen molar-refractivity contribution < 1.29 is 4.79 Å². The number of nitrogens with one attached hydrogen (secondary N) is 1. The van der Waals surface area contributed by atoms with Crippen LogP contribution in [0.3, 0.4) is 0 Å². The van der Waals surface area contributed by atoms with Crippen LogP contribution in [0.1, 0.15) is 6.92 Å². The summed E-state index contributed by atoms with van der Waals surface area (Å²) in [4.78, 5) is 10.3. The van der Waals surface area contributed by atoms with Crippen LogP contribution in [-0.4, -0.2) is 11.9 Å². The molecule has 0 saturated carbocycles. The highest BCUT2D eigenvalue weighted by molar-refractivity contribution is 5.82. The summed E-state index contributed by atoms with van der Waals surface area (Å²) in [5.41, 5.74) is 5.06. The maximum Gasteiger partial charge on any atom is 0.249 e. The fourth-order valence-corrected chi connectivity index (χ4v) is 0.169. The molecule has 3 N–H and O–H groups in total. The van der Waals surface area contributed by atoms with Gasteiger partial charge in [-0.1, -0.05) is 0 Å². The molecule has 0 aromatic heterocycles. The number of hydrogen-bond acceptors (Lipinski definition) is 3. The summed E-state index contributed by atoms with van der Waals surface area (Å²) < 4.78 is 0. The molecule has 4 nitrogen and oxygen atoms in total. The standard InChI is InChI=1S/C4H7N3O/c1-3(6)4(8)7-2-5/h3H,6H2,1H3,(H,7,8)/t3-/m1/s1. The summed E-state index contributed by atoms with van der Waals surface area (Å²) in [6.45, 7) is 1.51. The Kier molecular flexibility index (Phi) is 2.59. The summed E-state index contributed by atoms with van der Waals surface area (Å²) in [6.07, 6.45) is 1.47. The van der Waals surface area contributed by atoms with Crippen molar-refractivity contribution in [3.63, 3.8) is 0 Å². The highest BCUT2D eigenvalue weighted by Crippen LogP contribution is 1.70. The molecule has 0 aliphatic rings. The summed E-state index contributed by atoms with van der Waals surface area (Å²) in [5.74, 6) is -0.451. The summed E-state index contributed by atoms with van der Waals surface area (Å²) >= 11 is 0. The van der Waals surface area contributed by atoms with Crippen molar-refractivity contribution in [2.75, 3.05) is 0 Å². The molecule has 0 rings (SSSR count). The molecule has 4 heteroatoms. The molecule has 0 fully saturated rings. The molecule has 0 bridgehead atoms. The maximum absolute atomic E-state index is 10.3. The minimum atomic E-state index is -0.602. The van der Waals surface area contributed by atoms with Gasteiger partial charge in [0.25, 0.3) is 0 Å². The van der Waals surface area contributed by atoms with Gasteiger partial charge in [0.15, 0.2) is 6.19 Å². The zero-order valence-corrected chi connectivity index (χ0v) is 4.51. The molecule has 0 unspecified atom stereocenters. The third-order valence-electron chi connectivity index (χ3n) is 0.593. The van der Waals surface area contributed by atoms with E-state index in [0.29, 0.717) is 0 Å². The third-order valence-corrected chi connectivity index (χ3v) is 0.593. The van der Waals surface area contributed by atoms with Crippen LogP contribution in [0.15, 0.2) is 0 Å². The minimum Gasteiger partial charge on any atom is -0.320 e. The lowest BCUT2D eigenvalue weighted by atomic mass is 10.3. The predicted octanol–water partition coefficient (Wildman–Crippen LogP) is -1.07. The van der Waals surface area contributed by atoms with Gasteiger partial charge in [0.1, 0.15) is 0 Å². The molecule has 1 amide bonds. The molecule has 0 heterocycles. The second-order valence-corrected chi connectivity index (χ2v) is 1.39. The second kappa shape index (κ2) is 2.99. The van der Waals surface area contributed by atoms with E-state index in [1.807, 2.05) is 5.32 Å². The van der Waals surface area contributed by atoms with Crippen LogP contribution in [0.2, 0.25) is 0 Å². The van der Waals surface area contributed by atoms with Crippen LogP contribution in [0, 0.1) is 11.5 Å². The van der Waals surface area contributed by atoms with Gasteiger partial charge in [0.05, 0.1) is 6.04 Å². The van der Waals surface area contributed by atoms with Crippen LogP contribution in [-0.2, 0) is 4.79 Å². The van der Waals surface area contributed by atoms with Crippen molar-refractivity contribution in [2.24, 2.45) is 5.73 Å². The molecule has 0 aliphatic heterocycles. The van der Waals surface area contributed by atoms with Gasteiger partial charge >= 0.3 is 0 Å². The van der Waals surface area contributed by atoms with Crippen LogP contribution in [0.25, 0.3) is 0 Å². The molecule has 0 aromatic carbocycles. The Balaban J connectivity index is 3.53. The van der Waals surface area contributed by atoms with Gasteiger partial charge < -0.3 is 5.73 Å². The lowest BCUT2D eigenvalue weighted by Crippen LogP contribution is -2.35. The van der Waals surface area contributed by atoms with Gasteiger partial charge in [0.2, 0.25) is 5.91 Å². The van der Waals surface area contributed by atoms with E-state index in [9.17, 15) is 4.79 Å². The number of hydrogen-bond donors (Lipinski definition) is 2. The van der Waals surface area contributed by atoms with E-state index in [2.05, 4.69) is 0 Å². The Morgan fingerprint density at radius 2 is 2.50 bits per heavy atom. The van der Waals surface area contributed by atoms with Crippen molar-refractivity contribution in [3.8, 4) is 6.19 Å². The monoisotopic (exact) mass is 113 g/mol. The summed E-state index contributed by atoms with van der Waals surface area (Å²) in [5, 5.41) is 9.73. The smallest absolute Gasteiger partial charge is 0.249 e. The first-order valence-electron chi connectivity index (χ1n) is 2.13.